The summed E-state index contributed by atoms with van der Waals surface area (Å²) in [6.07, 6.45) is -2.03. The van der Waals surface area contributed by atoms with Crippen LogP contribution in [0.4, 0.5) is 19.0 Å². The minimum absolute atomic E-state index is 0.210. The zero-order valence-corrected chi connectivity index (χ0v) is 12.5. The summed E-state index contributed by atoms with van der Waals surface area (Å²) in [5.41, 5.74) is -0.0172. The van der Waals surface area contributed by atoms with Gasteiger partial charge in [-0.15, -0.1) is 0 Å². The fourth-order valence-corrected chi connectivity index (χ4v) is 2.52. The van der Waals surface area contributed by atoms with E-state index in [1.807, 2.05) is 11.0 Å². The molecule has 5 nitrogen and oxygen atoms in total. The molecule has 0 N–H and O–H groups in total. The molecule has 1 aliphatic rings. The van der Waals surface area contributed by atoms with Crippen molar-refractivity contribution in [2.75, 3.05) is 24.6 Å². The fraction of sp³-hybridized carbons (Fsp3) is 0.312. The Kier molecular flexibility index (Phi) is 4.36. The summed E-state index contributed by atoms with van der Waals surface area (Å²) in [7, 11) is 0. The number of benzene rings is 1. The van der Waals surface area contributed by atoms with Crippen LogP contribution in [0.15, 0.2) is 36.7 Å². The number of ether oxygens (including phenoxy) is 1. The fourth-order valence-electron chi connectivity index (χ4n) is 2.52. The van der Waals surface area contributed by atoms with Gasteiger partial charge in [-0.3, -0.25) is 0 Å². The Morgan fingerprint density at radius 2 is 2.08 bits per heavy atom. The van der Waals surface area contributed by atoms with Gasteiger partial charge in [0.15, 0.2) is 5.69 Å². The molecule has 124 valence electrons. The SMILES string of the molecule is N#Cc1cnc(N2CCOC(c3cccc(C(F)(F)F)c3)C2)cn1. The van der Waals surface area contributed by atoms with Crippen molar-refractivity contribution in [1.82, 2.24) is 9.97 Å². The van der Waals surface area contributed by atoms with Crippen LogP contribution in [0, 0.1) is 11.3 Å². The van der Waals surface area contributed by atoms with E-state index in [0.29, 0.717) is 31.1 Å². The van der Waals surface area contributed by atoms with E-state index in [2.05, 4.69) is 9.97 Å². The summed E-state index contributed by atoms with van der Waals surface area (Å²) in [4.78, 5) is 10.0. The number of anilines is 1. The van der Waals surface area contributed by atoms with Gasteiger partial charge in [0, 0.05) is 13.1 Å². The van der Waals surface area contributed by atoms with Gasteiger partial charge >= 0.3 is 6.18 Å². The first-order chi connectivity index (χ1) is 11.5. The van der Waals surface area contributed by atoms with Crippen LogP contribution < -0.4 is 4.90 Å². The van der Waals surface area contributed by atoms with E-state index in [4.69, 9.17) is 10.00 Å². The minimum Gasteiger partial charge on any atom is -0.370 e. The third kappa shape index (κ3) is 3.46. The van der Waals surface area contributed by atoms with Gasteiger partial charge in [0.05, 0.1) is 24.6 Å². The van der Waals surface area contributed by atoms with E-state index in [0.717, 1.165) is 12.1 Å². The van der Waals surface area contributed by atoms with Crippen LogP contribution in [0.25, 0.3) is 0 Å². The van der Waals surface area contributed by atoms with Crippen molar-refractivity contribution in [2.45, 2.75) is 12.3 Å². The Hall–Kier alpha value is -2.66. The predicted molar refractivity (Wildman–Crippen MR) is 79.1 cm³/mol. The second-order valence-corrected chi connectivity index (χ2v) is 5.30. The van der Waals surface area contributed by atoms with Crippen molar-refractivity contribution in [3.05, 3.63) is 53.5 Å². The lowest BCUT2D eigenvalue weighted by atomic mass is 10.0. The first-order valence-electron chi connectivity index (χ1n) is 7.23. The largest absolute Gasteiger partial charge is 0.416 e. The summed E-state index contributed by atoms with van der Waals surface area (Å²) in [6, 6.07) is 7.03. The van der Waals surface area contributed by atoms with E-state index in [9.17, 15) is 13.2 Å². The third-order valence-corrected chi connectivity index (χ3v) is 3.73. The van der Waals surface area contributed by atoms with Gasteiger partial charge in [-0.05, 0) is 17.7 Å². The van der Waals surface area contributed by atoms with Gasteiger partial charge in [-0.25, -0.2) is 9.97 Å². The summed E-state index contributed by atoms with van der Waals surface area (Å²) < 4.78 is 44.2. The standard InChI is InChI=1S/C16H13F3N4O/c17-16(18,19)12-3-1-2-11(6-12)14-10-23(4-5-24-14)15-9-21-13(7-20)8-22-15/h1-3,6,8-9,14H,4-5,10H2. The molecule has 2 aromatic rings. The molecule has 0 radical (unpaired) electrons. The zero-order valence-electron chi connectivity index (χ0n) is 12.5. The molecular formula is C16H13F3N4O. The molecule has 3 rings (SSSR count). The quantitative estimate of drug-likeness (QED) is 0.845. The van der Waals surface area contributed by atoms with E-state index in [-0.39, 0.29) is 5.69 Å². The van der Waals surface area contributed by atoms with E-state index in [1.54, 1.807) is 6.07 Å². The van der Waals surface area contributed by atoms with Gasteiger partial charge in [0.25, 0.3) is 0 Å². The number of nitrogens with zero attached hydrogens (tertiary/aromatic N) is 4. The van der Waals surface area contributed by atoms with Crippen molar-refractivity contribution >= 4 is 5.82 Å². The molecule has 24 heavy (non-hydrogen) atoms. The first kappa shape index (κ1) is 16.2. The molecule has 1 aliphatic heterocycles. The van der Waals surface area contributed by atoms with Crippen LogP contribution in [-0.2, 0) is 10.9 Å². The Morgan fingerprint density at radius 3 is 2.75 bits per heavy atom. The summed E-state index contributed by atoms with van der Waals surface area (Å²) in [6.45, 7) is 1.28. The van der Waals surface area contributed by atoms with Crippen LogP contribution in [-0.4, -0.2) is 29.7 Å². The number of hydrogen-bond acceptors (Lipinski definition) is 5. The zero-order chi connectivity index (χ0) is 17.2. The van der Waals surface area contributed by atoms with Crippen LogP contribution in [0.1, 0.15) is 22.9 Å². The highest BCUT2D eigenvalue weighted by Crippen LogP contribution is 2.32. The first-order valence-corrected chi connectivity index (χ1v) is 7.23. The second-order valence-electron chi connectivity index (χ2n) is 5.30. The summed E-state index contributed by atoms with van der Waals surface area (Å²) >= 11 is 0. The lowest BCUT2D eigenvalue weighted by Gasteiger charge is -2.33. The number of hydrogen-bond donors (Lipinski definition) is 0. The molecular weight excluding hydrogens is 321 g/mol. The number of nitriles is 1. The van der Waals surface area contributed by atoms with Gasteiger partial charge in [-0.1, -0.05) is 12.1 Å². The van der Waals surface area contributed by atoms with Crippen molar-refractivity contribution in [3.63, 3.8) is 0 Å². The highest BCUT2D eigenvalue weighted by molar-refractivity contribution is 5.39. The summed E-state index contributed by atoms with van der Waals surface area (Å²) in [5.74, 6) is 0.564. The molecule has 1 atom stereocenters. The van der Waals surface area contributed by atoms with Crippen LogP contribution in [0.5, 0.6) is 0 Å². The van der Waals surface area contributed by atoms with Gasteiger partial charge in [0.1, 0.15) is 18.0 Å². The minimum atomic E-state index is -4.39. The molecule has 1 unspecified atom stereocenters. The van der Waals surface area contributed by atoms with E-state index >= 15 is 0 Å². The molecule has 2 heterocycles. The number of alkyl halides is 3. The molecule has 1 aromatic carbocycles. The van der Waals surface area contributed by atoms with Crippen LogP contribution >= 0.6 is 0 Å². The molecule has 0 amide bonds. The molecule has 1 aromatic heterocycles. The molecule has 1 fully saturated rings. The highest BCUT2D eigenvalue weighted by atomic mass is 19.4. The van der Waals surface area contributed by atoms with Gasteiger partial charge < -0.3 is 9.64 Å². The van der Waals surface area contributed by atoms with Crippen molar-refractivity contribution in [2.24, 2.45) is 0 Å². The molecule has 0 bridgehead atoms. The van der Waals surface area contributed by atoms with Crippen molar-refractivity contribution in [3.8, 4) is 6.07 Å². The average molecular weight is 334 g/mol. The molecule has 0 saturated carbocycles. The number of aromatic nitrogens is 2. The van der Waals surface area contributed by atoms with Crippen LogP contribution in [0.3, 0.4) is 0 Å². The number of halogens is 3. The molecule has 0 aliphatic carbocycles. The molecule has 0 spiro atoms. The van der Waals surface area contributed by atoms with Crippen LogP contribution in [0.2, 0.25) is 0 Å². The highest BCUT2D eigenvalue weighted by Gasteiger charge is 2.32. The van der Waals surface area contributed by atoms with Gasteiger partial charge in [0.2, 0.25) is 0 Å². The van der Waals surface area contributed by atoms with E-state index in [1.165, 1.54) is 18.5 Å². The Morgan fingerprint density at radius 1 is 1.25 bits per heavy atom. The molecule has 1 saturated heterocycles. The maximum absolute atomic E-state index is 12.9. The smallest absolute Gasteiger partial charge is 0.370 e. The Balaban J connectivity index is 1.79. The monoisotopic (exact) mass is 334 g/mol. The predicted octanol–water partition coefficient (Wildman–Crippen LogP) is 2.94. The average Bonchev–Trinajstić information content (AvgIpc) is 2.61. The normalized spacial score (nSPS) is 18.2. The number of rotatable bonds is 2. The summed E-state index contributed by atoms with van der Waals surface area (Å²) in [5, 5.41) is 8.74. The molecule has 8 heteroatoms. The third-order valence-electron chi connectivity index (χ3n) is 3.73. The Bertz CT molecular complexity index is 755. The maximum atomic E-state index is 12.9. The maximum Gasteiger partial charge on any atom is 0.416 e. The Labute approximate surface area is 136 Å². The lowest BCUT2D eigenvalue weighted by molar-refractivity contribution is -0.137. The van der Waals surface area contributed by atoms with Crippen molar-refractivity contribution in [1.29, 1.82) is 5.26 Å². The van der Waals surface area contributed by atoms with E-state index < -0.39 is 17.8 Å². The number of morpholine rings is 1. The topological polar surface area (TPSA) is 62.0 Å². The second kappa shape index (κ2) is 6.45. The van der Waals surface area contributed by atoms with Gasteiger partial charge in [-0.2, -0.15) is 18.4 Å². The lowest BCUT2D eigenvalue weighted by Crippen LogP contribution is -2.39. The van der Waals surface area contributed by atoms with Crippen molar-refractivity contribution < 1.29 is 17.9 Å².